The summed E-state index contributed by atoms with van der Waals surface area (Å²) in [6, 6.07) is 0. The molecule has 1 rings (SSSR count). The average Bonchev–Trinajstić information content (AvgIpc) is 2.65. The topological polar surface area (TPSA) is 43.4 Å². The van der Waals surface area contributed by atoms with E-state index in [1.54, 1.807) is 0 Å². The van der Waals surface area contributed by atoms with Crippen LogP contribution >= 0.6 is 0 Å². The highest BCUT2D eigenvalue weighted by molar-refractivity contribution is 5.94. The third kappa shape index (κ3) is 7.34. The number of carbonyl (C=O) groups is 2. The first kappa shape index (κ1) is 16.2. The first-order valence-corrected chi connectivity index (χ1v) is 7.84. The van der Waals surface area contributed by atoms with E-state index in [4.69, 9.17) is 0 Å². The van der Waals surface area contributed by atoms with Crippen LogP contribution in [0.25, 0.3) is 0 Å². The van der Waals surface area contributed by atoms with E-state index in [9.17, 15) is 9.59 Å². The molecule has 3 nitrogen and oxygen atoms in total. The van der Waals surface area contributed by atoms with Crippen molar-refractivity contribution >= 4 is 11.9 Å². The number of carbonyl (C=O) groups excluding carboxylic acids is 2. The smallest absolute Gasteiger partial charge is 0.317 e. The van der Waals surface area contributed by atoms with Gasteiger partial charge in [0.15, 0.2) is 0 Å². The fraction of sp³-hybridized carbons (Fsp3) is 0.875. The van der Waals surface area contributed by atoms with E-state index >= 15 is 0 Å². The Kier molecular flexibility index (Phi) is 7.76. The molecule has 0 N–H and O–H groups in total. The van der Waals surface area contributed by atoms with Crippen LogP contribution in [-0.4, -0.2) is 11.9 Å². The molecule has 0 aromatic heterocycles. The molecule has 0 amide bonds. The van der Waals surface area contributed by atoms with E-state index in [-0.39, 0.29) is 17.9 Å². The maximum absolute atomic E-state index is 11.2. The molecule has 1 aliphatic rings. The SMILES string of the molecule is CC(C)CCCCCCCCCC1CC(=O)OC1=O. The molecule has 0 aliphatic carbocycles. The van der Waals surface area contributed by atoms with Crippen molar-refractivity contribution in [3.63, 3.8) is 0 Å². The van der Waals surface area contributed by atoms with Crippen LogP contribution in [0.15, 0.2) is 0 Å². The maximum atomic E-state index is 11.2. The van der Waals surface area contributed by atoms with E-state index in [0.717, 1.165) is 18.8 Å². The van der Waals surface area contributed by atoms with Gasteiger partial charge in [-0.3, -0.25) is 9.59 Å². The highest BCUT2D eigenvalue weighted by atomic mass is 16.6. The van der Waals surface area contributed by atoms with Gasteiger partial charge >= 0.3 is 11.9 Å². The van der Waals surface area contributed by atoms with Crippen LogP contribution in [-0.2, 0) is 14.3 Å². The molecule has 1 heterocycles. The average molecular weight is 268 g/mol. The van der Waals surface area contributed by atoms with E-state index in [2.05, 4.69) is 18.6 Å². The summed E-state index contributed by atoms with van der Waals surface area (Å²) in [6.45, 7) is 4.55. The van der Waals surface area contributed by atoms with Crippen molar-refractivity contribution in [2.75, 3.05) is 0 Å². The molecule has 1 atom stereocenters. The molecule has 1 unspecified atom stereocenters. The lowest BCUT2D eigenvalue weighted by Crippen LogP contribution is -2.06. The number of ether oxygens (including phenoxy) is 1. The highest BCUT2D eigenvalue weighted by Crippen LogP contribution is 2.22. The zero-order chi connectivity index (χ0) is 14.1. The second kappa shape index (κ2) is 9.11. The predicted octanol–water partition coefficient (Wildman–Crippen LogP) is 4.24. The van der Waals surface area contributed by atoms with Crippen LogP contribution in [0.1, 0.15) is 78.1 Å². The number of esters is 2. The predicted molar refractivity (Wildman–Crippen MR) is 75.6 cm³/mol. The van der Waals surface area contributed by atoms with Crippen molar-refractivity contribution in [2.45, 2.75) is 78.1 Å². The van der Waals surface area contributed by atoms with Gasteiger partial charge in [-0.25, -0.2) is 0 Å². The zero-order valence-corrected chi connectivity index (χ0v) is 12.5. The van der Waals surface area contributed by atoms with Crippen LogP contribution in [0.4, 0.5) is 0 Å². The van der Waals surface area contributed by atoms with Crippen LogP contribution in [0, 0.1) is 11.8 Å². The first-order valence-electron chi connectivity index (χ1n) is 7.84. The molecule has 1 fully saturated rings. The lowest BCUT2D eigenvalue weighted by Gasteiger charge is -2.05. The molecule has 0 spiro atoms. The van der Waals surface area contributed by atoms with Crippen molar-refractivity contribution in [2.24, 2.45) is 11.8 Å². The summed E-state index contributed by atoms with van der Waals surface area (Å²) in [5, 5.41) is 0. The molecule has 0 bridgehead atoms. The summed E-state index contributed by atoms with van der Waals surface area (Å²) >= 11 is 0. The third-order valence-electron chi connectivity index (χ3n) is 3.79. The van der Waals surface area contributed by atoms with Gasteiger partial charge in [0, 0.05) is 0 Å². The molecule has 0 saturated carbocycles. The fourth-order valence-electron chi connectivity index (χ4n) is 2.57. The number of hydrogen-bond acceptors (Lipinski definition) is 3. The Labute approximate surface area is 117 Å². The Morgan fingerprint density at radius 3 is 2.11 bits per heavy atom. The molecular weight excluding hydrogens is 240 g/mol. The van der Waals surface area contributed by atoms with Gasteiger partial charge in [-0.15, -0.1) is 0 Å². The molecule has 110 valence electrons. The van der Waals surface area contributed by atoms with Crippen molar-refractivity contribution in [1.29, 1.82) is 0 Å². The van der Waals surface area contributed by atoms with Crippen LogP contribution in [0.2, 0.25) is 0 Å². The normalized spacial score (nSPS) is 19.2. The summed E-state index contributed by atoms with van der Waals surface area (Å²) < 4.78 is 4.54. The Morgan fingerprint density at radius 1 is 1.00 bits per heavy atom. The summed E-state index contributed by atoms with van der Waals surface area (Å²) in [7, 11) is 0. The van der Waals surface area contributed by atoms with E-state index in [1.807, 2.05) is 0 Å². The van der Waals surface area contributed by atoms with Gasteiger partial charge in [-0.05, 0) is 12.3 Å². The number of unbranched alkanes of at least 4 members (excludes halogenated alkanes) is 6. The minimum Gasteiger partial charge on any atom is -0.393 e. The standard InChI is InChI=1S/C16H28O3/c1-13(2)10-8-6-4-3-5-7-9-11-14-12-15(17)19-16(14)18/h13-14H,3-12H2,1-2H3. The van der Waals surface area contributed by atoms with Crippen molar-refractivity contribution in [3.8, 4) is 0 Å². The highest BCUT2D eigenvalue weighted by Gasteiger charge is 2.32. The Bertz CT molecular complexity index is 284. The van der Waals surface area contributed by atoms with Gasteiger partial charge in [-0.2, -0.15) is 0 Å². The second-order valence-corrected chi connectivity index (χ2v) is 6.14. The number of rotatable bonds is 10. The van der Waals surface area contributed by atoms with Crippen molar-refractivity contribution in [3.05, 3.63) is 0 Å². The Morgan fingerprint density at radius 2 is 1.58 bits per heavy atom. The van der Waals surface area contributed by atoms with E-state index < -0.39 is 0 Å². The third-order valence-corrected chi connectivity index (χ3v) is 3.79. The molecule has 0 aromatic carbocycles. The van der Waals surface area contributed by atoms with Crippen molar-refractivity contribution in [1.82, 2.24) is 0 Å². The van der Waals surface area contributed by atoms with Gasteiger partial charge in [0.2, 0.25) is 0 Å². The molecule has 0 aromatic rings. The monoisotopic (exact) mass is 268 g/mol. The minimum absolute atomic E-state index is 0.154. The van der Waals surface area contributed by atoms with Crippen LogP contribution in [0.3, 0.4) is 0 Å². The van der Waals surface area contributed by atoms with Gasteiger partial charge in [0.05, 0.1) is 12.3 Å². The van der Waals surface area contributed by atoms with E-state index in [1.165, 1.54) is 44.9 Å². The van der Waals surface area contributed by atoms with Crippen molar-refractivity contribution < 1.29 is 14.3 Å². The van der Waals surface area contributed by atoms with Gasteiger partial charge in [0.25, 0.3) is 0 Å². The number of cyclic esters (lactones) is 2. The zero-order valence-electron chi connectivity index (χ0n) is 12.5. The first-order chi connectivity index (χ1) is 9.09. The lowest BCUT2D eigenvalue weighted by atomic mass is 9.98. The molecule has 1 aliphatic heterocycles. The molecular formula is C16H28O3. The largest absolute Gasteiger partial charge is 0.393 e. The molecule has 19 heavy (non-hydrogen) atoms. The summed E-state index contributed by atoms with van der Waals surface area (Å²) in [5.41, 5.74) is 0. The molecule has 0 radical (unpaired) electrons. The summed E-state index contributed by atoms with van der Waals surface area (Å²) in [5.74, 6) is 0.0197. The van der Waals surface area contributed by atoms with Gasteiger partial charge < -0.3 is 4.74 Å². The lowest BCUT2D eigenvalue weighted by molar-refractivity contribution is -0.153. The Balaban J connectivity index is 1.86. The second-order valence-electron chi connectivity index (χ2n) is 6.14. The summed E-state index contributed by atoms with van der Waals surface area (Å²) in [6.07, 6.45) is 11.3. The maximum Gasteiger partial charge on any atom is 0.317 e. The number of hydrogen-bond donors (Lipinski definition) is 0. The Hall–Kier alpha value is -0.860. The fourth-order valence-corrected chi connectivity index (χ4v) is 2.57. The molecule has 1 saturated heterocycles. The quantitative estimate of drug-likeness (QED) is 0.338. The summed E-state index contributed by atoms with van der Waals surface area (Å²) in [4.78, 5) is 22.1. The van der Waals surface area contributed by atoms with Gasteiger partial charge in [0.1, 0.15) is 0 Å². The minimum atomic E-state index is -0.347. The van der Waals surface area contributed by atoms with Gasteiger partial charge in [-0.1, -0.05) is 65.2 Å². The van der Waals surface area contributed by atoms with Crippen LogP contribution < -0.4 is 0 Å². The van der Waals surface area contributed by atoms with Crippen LogP contribution in [0.5, 0.6) is 0 Å². The molecule has 3 heteroatoms. The van der Waals surface area contributed by atoms with E-state index in [0.29, 0.717) is 6.42 Å².